The van der Waals surface area contributed by atoms with Gasteiger partial charge in [0.25, 0.3) is 0 Å². The van der Waals surface area contributed by atoms with E-state index in [1.165, 1.54) is 5.69 Å². The van der Waals surface area contributed by atoms with Gasteiger partial charge in [0, 0.05) is 31.4 Å². The van der Waals surface area contributed by atoms with Crippen molar-refractivity contribution in [2.75, 3.05) is 18.5 Å². The first-order chi connectivity index (χ1) is 12.1. The molecule has 1 aliphatic heterocycles. The molecule has 1 aromatic heterocycles. The molecule has 142 valence electrons. The number of aliphatic imine (C=N–C) groups is 1. The number of rotatable bonds is 4. The van der Waals surface area contributed by atoms with Crippen LogP contribution in [0.3, 0.4) is 0 Å². The molecule has 1 saturated heterocycles. The van der Waals surface area contributed by atoms with E-state index >= 15 is 0 Å². The number of aryl methyl sites for hydroxylation is 2. The first kappa shape index (κ1) is 20.5. The van der Waals surface area contributed by atoms with Crippen LogP contribution in [0.4, 0.5) is 5.69 Å². The quantitative estimate of drug-likeness (QED) is 0.409. The van der Waals surface area contributed by atoms with Gasteiger partial charge in [-0.05, 0) is 39.3 Å². The number of nitrogens with zero attached hydrogens (tertiary/aromatic N) is 3. The Kier molecular flexibility index (Phi) is 7.31. The molecule has 2 heterocycles. The van der Waals surface area contributed by atoms with E-state index in [2.05, 4.69) is 62.8 Å². The minimum absolute atomic E-state index is 0. The van der Waals surface area contributed by atoms with Gasteiger partial charge in [-0.25, -0.2) is 4.98 Å². The molecule has 2 aromatic rings. The maximum Gasteiger partial charge on any atom is 0.214 e. The van der Waals surface area contributed by atoms with Gasteiger partial charge in [-0.1, -0.05) is 18.2 Å². The summed E-state index contributed by atoms with van der Waals surface area (Å²) in [7, 11) is 1.79. The summed E-state index contributed by atoms with van der Waals surface area (Å²) in [4.78, 5) is 11.2. The molecule has 7 heteroatoms. The lowest BCUT2D eigenvalue weighted by Crippen LogP contribution is -2.44. The summed E-state index contributed by atoms with van der Waals surface area (Å²) in [5.74, 6) is 2.33. The molecule has 0 amide bonds. The fourth-order valence-corrected chi connectivity index (χ4v) is 3.28. The molecule has 1 aliphatic rings. The Bertz CT molecular complexity index is 711. The van der Waals surface area contributed by atoms with Gasteiger partial charge in [0.2, 0.25) is 5.89 Å². The molecule has 0 spiro atoms. The number of nitrogens with one attached hydrogen (secondary N) is 2. The minimum Gasteiger partial charge on any atom is -0.444 e. The minimum atomic E-state index is 0. The molecule has 1 fully saturated rings. The first-order valence-corrected chi connectivity index (χ1v) is 8.78. The molecule has 0 bridgehead atoms. The van der Waals surface area contributed by atoms with Crippen molar-refractivity contribution in [3.8, 4) is 0 Å². The lowest BCUT2D eigenvalue weighted by Gasteiger charge is -2.23. The summed E-state index contributed by atoms with van der Waals surface area (Å²) in [6, 6.07) is 11.4. The lowest BCUT2D eigenvalue weighted by atomic mass is 10.2. The third-order valence-corrected chi connectivity index (χ3v) is 4.71. The Labute approximate surface area is 172 Å². The zero-order valence-corrected chi connectivity index (χ0v) is 18.2. The van der Waals surface area contributed by atoms with Crippen molar-refractivity contribution in [3.63, 3.8) is 0 Å². The standard InChI is InChI=1S/C19H27N5O.HI/c1-13-10-16(12-24(13)17-8-6-5-7-9-17)23-19(20-4)21-11-18-22-14(2)15(3)25-18;/h5-9,13,16H,10-12H2,1-4H3,(H2,20,21,23);1H. The smallest absolute Gasteiger partial charge is 0.214 e. The second kappa shape index (κ2) is 9.25. The van der Waals surface area contributed by atoms with Crippen LogP contribution in [0.5, 0.6) is 0 Å². The molecule has 0 radical (unpaired) electrons. The molecule has 0 saturated carbocycles. The molecular weight excluding hydrogens is 441 g/mol. The Morgan fingerprint density at radius 2 is 2.04 bits per heavy atom. The Hall–Kier alpha value is -1.77. The van der Waals surface area contributed by atoms with E-state index in [9.17, 15) is 0 Å². The van der Waals surface area contributed by atoms with E-state index in [4.69, 9.17) is 4.42 Å². The maximum atomic E-state index is 5.61. The summed E-state index contributed by atoms with van der Waals surface area (Å²) in [5.41, 5.74) is 2.20. The Morgan fingerprint density at radius 3 is 2.65 bits per heavy atom. The van der Waals surface area contributed by atoms with E-state index in [0.29, 0.717) is 24.5 Å². The van der Waals surface area contributed by atoms with Gasteiger partial charge in [-0.2, -0.15) is 0 Å². The number of oxazole rings is 1. The Morgan fingerprint density at radius 1 is 1.31 bits per heavy atom. The van der Waals surface area contributed by atoms with Crippen molar-refractivity contribution in [1.82, 2.24) is 15.6 Å². The van der Waals surface area contributed by atoms with Gasteiger partial charge < -0.3 is 20.0 Å². The van der Waals surface area contributed by atoms with E-state index < -0.39 is 0 Å². The summed E-state index contributed by atoms with van der Waals surface area (Å²) in [6.45, 7) is 7.63. The van der Waals surface area contributed by atoms with Crippen LogP contribution in [0.15, 0.2) is 39.7 Å². The molecule has 2 atom stereocenters. The lowest BCUT2D eigenvalue weighted by molar-refractivity contribution is 0.462. The third kappa shape index (κ3) is 4.90. The van der Waals surface area contributed by atoms with Crippen molar-refractivity contribution in [3.05, 3.63) is 47.7 Å². The summed E-state index contributed by atoms with van der Waals surface area (Å²) < 4.78 is 5.61. The van der Waals surface area contributed by atoms with E-state index in [0.717, 1.165) is 30.4 Å². The van der Waals surface area contributed by atoms with Gasteiger partial charge in [-0.3, -0.25) is 4.99 Å². The summed E-state index contributed by atoms with van der Waals surface area (Å²) >= 11 is 0. The number of hydrogen-bond donors (Lipinski definition) is 2. The first-order valence-electron chi connectivity index (χ1n) is 8.78. The monoisotopic (exact) mass is 469 g/mol. The average Bonchev–Trinajstić information content (AvgIpc) is 3.14. The predicted octanol–water partition coefficient (Wildman–Crippen LogP) is 3.24. The number of aromatic nitrogens is 1. The largest absolute Gasteiger partial charge is 0.444 e. The van der Waals surface area contributed by atoms with Gasteiger partial charge in [0.15, 0.2) is 5.96 Å². The van der Waals surface area contributed by atoms with Crippen LogP contribution in [-0.2, 0) is 6.54 Å². The fourth-order valence-electron chi connectivity index (χ4n) is 3.28. The van der Waals surface area contributed by atoms with E-state index in [1.54, 1.807) is 7.05 Å². The normalized spacial score (nSPS) is 20.0. The second-order valence-corrected chi connectivity index (χ2v) is 6.59. The number of para-hydroxylation sites is 1. The molecule has 1 aromatic carbocycles. The van der Waals surface area contributed by atoms with Crippen molar-refractivity contribution in [1.29, 1.82) is 0 Å². The molecule has 3 rings (SSSR count). The molecule has 2 unspecified atom stereocenters. The second-order valence-electron chi connectivity index (χ2n) is 6.59. The van der Waals surface area contributed by atoms with Crippen LogP contribution in [0.1, 0.15) is 30.7 Å². The van der Waals surface area contributed by atoms with Crippen molar-refractivity contribution >= 4 is 35.6 Å². The Balaban J connectivity index is 0.00000243. The highest BCUT2D eigenvalue weighted by Gasteiger charge is 2.29. The van der Waals surface area contributed by atoms with Crippen molar-refractivity contribution in [2.24, 2.45) is 4.99 Å². The average molecular weight is 469 g/mol. The number of hydrogen-bond acceptors (Lipinski definition) is 4. The molecule has 2 N–H and O–H groups in total. The number of halogens is 1. The van der Waals surface area contributed by atoms with Crippen LogP contribution in [0, 0.1) is 13.8 Å². The van der Waals surface area contributed by atoms with Crippen LogP contribution in [0.25, 0.3) is 0 Å². The van der Waals surface area contributed by atoms with Gasteiger partial charge in [0.1, 0.15) is 5.76 Å². The highest BCUT2D eigenvalue weighted by Crippen LogP contribution is 2.25. The van der Waals surface area contributed by atoms with E-state index in [-0.39, 0.29) is 24.0 Å². The van der Waals surface area contributed by atoms with Crippen LogP contribution in [0.2, 0.25) is 0 Å². The topological polar surface area (TPSA) is 65.7 Å². The summed E-state index contributed by atoms with van der Waals surface area (Å²) in [5, 5.41) is 6.80. The van der Waals surface area contributed by atoms with Gasteiger partial charge in [0.05, 0.1) is 12.2 Å². The SMILES string of the molecule is CN=C(NCc1nc(C)c(C)o1)NC1CC(C)N(c2ccccc2)C1.I. The highest BCUT2D eigenvalue weighted by molar-refractivity contribution is 14.0. The number of anilines is 1. The highest BCUT2D eigenvalue weighted by atomic mass is 127. The van der Waals surface area contributed by atoms with Gasteiger partial charge >= 0.3 is 0 Å². The zero-order chi connectivity index (χ0) is 17.8. The predicted molar refractivity (Wildman–Crippen MR) is 116 cm³/mol. The van der Waals surface area contributed by atoms with Crippen molar-refractivity contribution < 1.29 is 4.42 Å². The molecule has 6 nitrogen and oxygen atoms in total. The zero-order valence-electron chi connectivity index (χ0n) is 15.8. The summed E-state index contributed by atoms with van der Waals surface area (Å²) in [6.07, 6.45) is 1.08. The maximum absolute atomic E-state index is 5.61. The van der Waals surface area contributed by atoms with Crippen LogP contribution >= 0.6 is 24.0 Å². The molecule has 0 aliphatic carbocycles. The third-order valence-electron chi connectivity index (χ3n) is 4.71. The van der Waals surface area contributed by atoms with E-state index in [1.807, 2.05) is 13.8 Å². The van der Waals surface area contributed by atoms with Crippen LogP contribution in [-0.4, -0.2) is 36.6 Å². The van der Waals surface area contributed by atoms with Crippen molar-refractivity contribution in [2.45, 2.75) is 45.8 Å². The fraction of sp³-hybridized carbons (Fsp3) is 0.474. The van der Waals surface area contributed by atoms with Gasteiger partial charge in [-0.15, -0.1) is 24.0 Å². The number of benzene rings is 1. The molecule has 26 heavy (non-hydrogen) atoms. The molecular formula is C19H28IN5O. The van der Waals surface area contributed by atoms with Crippen LogP contribution < -0.4 is 15.5 Å². The number of guanidine groups is 1.